The van der Waals surface area contributed by atoms with Gasteiger partial charge in [-0.2, -0.15) is 0 Å². The number of nitrogens with two attached hydrogens (primary N) is 1. The molecule has 0 spiro atoms. The average molecular weight is 274 g/mol. The number of benzene rings is 1. The SMILES string of the molecule is Cc1cc(C(NN)C2CCOc3ccccc32)cs1. The molecule has 4 heteroatoms. The number of thiophene rings is 1. The van der Waals surface area contributed by atoms with Crippen LogP contribution in [0.1, 0.15) is 34.4 Å². The van der Waals surface area contributed by atoms with E-state index in [0.29, 0.717) is 5.92 Å². The number of nitrogens with one attached hydrogen (secondary N) is 1. The molecule has 2 unspecified atom stereocenters. The Labute approximate surface area is 117 Å². The number of hydrogen-bond acceptors (Lipinski definition) is 4. The molecule has 19 heavy (non-hydrogen) atoms. The van der Waals surface area contributed by atoms with E-state index < -0.39 is 0 Å². The molecule has 3 N–H and O–H groups in total. The molecule has 0 saturated heterocycles. The summed E-state index contributed by atoms with van der Waals surface area (Å²) in [4.78, 5) is 1.32. The Hall–Kier alpha value is -1.36. The zero-order valence-electron chi connectivity index (χ0n) is 10.9. The van der Waals surface area contributed by atoms with Gasteiger partial charge in [0.15, 0.2) is 0 Å². The van der Waals surface area contributed by atoms with E-state index in [2.05, 4.69) is 35.9 Å². The second-order valence-electron chi connectivity index (χ2n) is 4.92. The zero-order valence-corrected chi connectivity index (χ0v) is 11.7. The summed E-state index contributed by atoms with van der Waals surface area (Å²) in [6.45, 7) is 2.88. The van der Waals surface area contributed by atoms with Crippen molar-refractivity contribution in [3.63, 3.8) is 0 Å². The Kier molecular flexibility index (Phi) is 3.55. The highest BCUT2D eigenvalue weighted by atomic mass is 32.1. The van der Waals surface area contributed by atoms with Gasteiger partial charge >= 0.3 is 0 Å². The topological polar surface area (TPSA) is 47.3 Å². The Bertz CT molecular complexity index is 567. The first-order chi connectivity index (χ1) is 9.29. The number of hydrogen-bond donors (Lipinski definition) is 2. The van der Waals surface area contributed by atoms with Crippen molar-refractivity contribution in [2.45, 2.75) is 25.3 Å². The van der Waals surface area contributed by atoms with Crippen LogP contribution in [0.2, 0.25) is 0 Å². The van der Waals surface area contributed by atoms with Crippen LogP contribution in [0.5, 0.6) is 5.75 Å². The van der Waals surface area contributed by atoms with Crippen molar-refractivity contribution in [1.82, 2.24) is 5.43 Å². The first-order valence-corrected chi connectivity index (χ1v) is 7.40. The summed E-state index contributed by atoms with van der Waals surface area (Å²) in [5, 5.41) is 2.19. The van der Waals surface area contributed by atoms with Crippen LogP contribution in [-0.4, -0.2) is 6.61 Å². The van der Waals surface area contributed by atoms with Crippen LogP contribution in [-0.2, 0) is 0 Å². The van der Waals surface area contributed by atoms with Gasteiger partial charge in [0.25, 0.3) is 0 Å². The number of rotatable bonds is 3. The molecule has 0 radical (unpaired) electrons. The summed E-state index contributed by atoms with van der Waals surface area (Å²) >= 11 is 1.77. The van der Waals surface area contributed by atoms with E-state index in [1.807, 2.05) is 12.1 Å². The fraction of sp³-hybridized carbons (Fsp3) is 0.333. The Morgan fingerprint density at radius 2 is 2.26 bits per heavy atom. The summed E-state index contributed by atoms with van der Waals surface area (Å²) < 4.78 is 5.72. The smallest absolute Gasteiger partial charge is 0.122 e. The lowest BCUT2D eigenvalue weighted by molar-refractivity contribution is 0.246. The number of ether oxygens (including phenoxy) is 1. The first-order valence-electron chi connectivity index (χ1n) is 6.52. The molecule has 1 aliphatic heterocycles. The van der Waals surface area contributed by atoms with Crippen molar-refractivity contribution in [3.05, 3.63) is 51.7 Å². The number of hydrazine groups is 1. The maximum absolute atomic E-state index is 5.82. The standard InChI is InChI=1S/C15H18N2OS/c1-10-8-11(9-19-10)15(17-16)13-6-7-18-14-5-3-2-4-12(13)14/h2-5,8-9,13,15,17H,6-7,16H2,1H3. The monoisotopic (exact) mass is 274 g/mol. The van der Waals surface area contributed by atoms with Crippen LogP contribution >= 0.6 is 11.3 Å². The largest absolute Gasteiger partial charge is 0.493 e. The summed E-state index contributed by atoms with van der Waals surface area (Å²) in [5.74, 6) is 7.17. The third-order valence-electron chi connectivity index (χ3n) is 3.70. The zero-order chi connectivity index (χ0) is 13.2. The minimum absolute atomic E-state index is 0.148. The van der Waals surface area contributed by atoms with Crippen LogP contribution in [0.3, 0.4) is 0 Å². The molecule has 1 aromatic heterocycles. The Morgan fingerprint density at radius 1 is 1.42 bits per heavy atom. The molecular weight excluding hydrogens is 256 g/mol. The summed E-state index contributed by atoms with van der Waals surface area (Å²) in [6.07, 6.45) is 0.987. The minimum Gasteiger partial charge on any atom is -0.493 e. The van der Waals surface area contributed by atoms with Gasteiger partial charge in [-0.3, -0.25) is 11.3 Å². The predicted molar refractivity (Wildman–Crippen MR) is 78.4 cm³/mol. The molecule has 1 aromatic carbocycles. The van der Waals surface area contributed by atoms with Crippen LogP contribution in [0.4, 0.5) is 0 Å². The molecule has 0 aliphatic carbocycles. The van der Waals surface area contributed by atoms with Crippen LogP contribution in [0.15, 0.2) is 35.7 Å². The van der Waals surface area contributed by atoms with Crippen molar-refractivity contribution in [3.8, 4) is 5.75 Å². The van der Waals surface area contributed by atoms with Crippen molar-refractivity contribution in [2.24, 2.45) is 5.84 Å². The normalized spacial score (nSPS) is 19.6. The number of para-hydroxylation sites is 1. The summed E-state index contributed by atoms with van der Waals surface area (Å²) in [7, 11) is 0. The van der Waals surface area contributed by atoms with Crippen molar-refractivity contribution < 1.29 is 4.74 Å². The second-order valence-corrected chi connectivity index (χ2v) is 6.03. The maximum atomic E-state index is 5.82. The van der Waals surface area contributed by atoms with Gasteiger partial charge in [0.2, 0.25) is 0 Å². The Morgan fingerprint density at radius 3 is 3.00 bits per heavy atom. The Balaban J connectivity index is 1.97. The highest BCUT2D eigenvalue weighted by Crippen LogP contribution is 2.41. The summed E-state index contributed by atoms with van der Waals surface area (Å²) in [5.41, 5.74) is 5.51. The molecule has 3 rings (SSSR count). The van der Waals surface area contributed by atoms with Gasteiger partial charge in [0.05, 0.1) is 12.6 Å². The fourth-order valence-electron chi connectivity index (χ4n) is 2.79. The van der Waals surface area contributed by atoms with Crippen molar-refractivity contribution in [2.75, 3.05) is 6.61 Å². The molecular formula is C15H18N2OS. The molecule has 100 valence electrons. The van der Waals surface area contributed by atoms with Gasteiger partial charge in [-0.25, -0.2) is 0 Å². The molecule has 2 atom stereocenters. The van der Waals surface area contributed by atoms with Crippen LogP contribution in [0.25, 0.3) is 0 Å². The molecule has 0 bridgehead atoms. The maximum Gasteiger partial charge on any atom is 0.122 e. The van der Waals surface area contributed by atoms with Crippen LogP contribution in [0, 0.1) is 6.92 Å². The highest BCUT2D eigenvalue weighted by molar-refractivity contribution is 7.10. The van der Waals surface area contributed by atoms with E-state index in [-0.39, 0.29) is 6.04 Å². The van der Waals surface area contributed by atoms with E-state index in [9.17, 15) is 0 Å². The van der Waals surface area contributed by atoms with Crippen molar-refractivity contribution in [1.29, 1.82) is 0 Å². The molecule has 0 fully saturated rings. The lowest BCUT2D eigenvalue weighted by atomic mass is 9.84. The number of aryl methyl sites for hydroxylation is 1. The van der Waals surface area contributed by atoms with E-state index in [1.54, 1.807) is 11.3 Å². The minimum atomic E-state index is 0.148. The quantitative estimate of drug-likeness (QED) is 0.668. The molecule has 0 amide bonds. The van der Waals surface area contributed by atoms with Crippen LogP contribution < -0.4 is 16.0 Å². The van der Waals surface area contributed by atoms with Crippen molar-refractivity contribution >= 4 is 11.3 Å². The van der Waals surface area contributed by atoms with E-state index in [0.717, 1.165) is 18.8 Å². The molecule has 2 aromatic rings. The van der Waals surface area contributed by atoms with Gasteiger partial charge in [-0.1, -0.05) is 18.2 Å². The van der Waals surface area contributed by atoms with Gasteiger partial charge in [0, 0.05) is 10.8 Å². The number of fused-ring (bicyclic) bond motifs is 1. The first kappa shape index (κ1) is 12.7. The average Bonchev–Trinajstić information content (AvgIpc) is 2.86. The van der Waals surface area contributed by atoms with Gasteiger partial charge in [-0.05, 0) is 42.0 Å². The third-order valence-corrected chi connectivity index (χ3v) is 4.58. The summed E-state index contributed by atoms with van der Waals surface area (Å²) in [6, 6.07) is 10.6. The third kappa shape index (κ3) is 2.39. The van der Waals surface area contributed by atoms with Gasteiger partial charge in [0.1, 0.15) is 5.75 Å². The molecule has 0 saturated carbocycles. The molecule has 1 aliphatic rings. The van der Waals surface area contributed by atoms with Gasteiger partial charge in [-0.15, -0.1) is 11.3 Å². The molecule has 3 nitrogen and oxygen atoms in total. The van der Waals surface area contributed by atoms with E-state index in [4.69, 9.17) is 10.6 Å². The van der Waals surface area contributed by atoms with E-state index >= 15 is 0 Å². The second kappa shape index (κ2) is 5.33. The molecule has 2 heterocycles. The van der Waals surface area contributed by atoms with E-state index in [1.165, 1.54) is 16.0 Å². The highest BCUT2D eigenvalue weighted by Gasteiger charge is 2.29. The predicted octanol–water partition coefficient (Wildman–Crippen LogP) is 3.13. The lowest BCUT2D eigenvalue weighted by Crippen LogP contribution is -2.34. The fourth-order valence-corrected chi connectivity index (χ4v) is 3.53. The lowest BCUT2D eigenvalue weighted by Gasteiger charge is -2.31. The van der Waals surface area contributed by atoms with Gasteiger partial charge < -0.3 is 4.74 Å².